The first-order chi connectivity index (χ1) is 22.6. The number of nitrogens with zero attached hydrogens (tertiary/aromatic N) is 3. The number of nitrogens with one attached hydrogen (secondary N) is 3. The van der Waals surface area contributed by atoms with Crippen LogP contribution in [0.5, 0.6) is 0 Å². The number of benzene rings is 2. The lowest BCUT2D eigenvalue weighted by Crippen LogP contribution is -2.66. The van der Waals surface area contributed by atoms with E-state index in [-0.39, 0.29) is 22.5 Å². The van der Waals surface area contributed by atoms with E-state index in [2.05, 4.69) is 20.9 Å². The van der Waals surface area contributed by atoms with Gasteiger partial charge in [-0.25, -0.2) is 23.0 Å². The predicted octanol–water partition coefficient (Wildman–Crippen LogP) is 5.47. The van der Waals surface area contributed by atoms with Crippen molar-refractivity contribution in [2.24, 2.45) is 0 Å². The molecule has 266 valence electrons. The minimum atomic E-state index is -3.35. The number of hydrogen-bond donors (Lipinski definition) is 5. The summed E-state index contributed by atoms with van der Waals surface area (Å²) in [5.41, 5.74) is 0.646. The molecule has 14 nitrogen and oxygen atoms in total. The molecule has 1 aromatic heterocycles. The van der Waals surface area contributed by atoms with Crippen LogP contribution in [-0.2, 0) is 34.0 Å². The van der Waals surface area contributed by atoms with Crippen LogP contribution in [0.2, 0.25) is 0 Å². The molecule has 2 aromatic carbocycles. The molecule has 49 heavy (non-hydrogen) atoms. The summed E-state index contributed by atoms with van der Waals surface area (Å²) in [5.74, 6) is -0.731. The Kier molecular flexibility index (Phi) is 12.1. The molecule has 0 spiro atoms. The van der Waals surface area contributed by atoms with Gasteiger partial charge in [-0.3, -0.25) is 19.4 Å². The van der Waals surface area contributed by atoms with Crippen LogP contribution < -0.4 is 16.0 Å². The highest BCUT2D eigenvalue weighted by Gasteiger charge is 2.43. The predicted molar refractivity (Wildman–Crippen MR) is 188 cm³/mol. The van der Waals surface area contributed by atoms with E-state index in [9.17, 15) is 37.8 Å². The topological polar surface area (TPSA) is 198 Å². The maximum Gasteiger partial charge on any atom is 0.410 e. The van der Waals surface area contributed by atoms with Crippen LogP contribution in [-0.4, -0.2) is 81.0 Å². The highest BCUT2D eigenvalue weighted by Crippen LogP contribution is 2.28. The van der Waals surface area contributed by atoms with Gasteiger partial charge < -0.3 is 26.2 Å². The quantitative estimate of drug-likeness (QED) is 0.150. The molecule has 5 N–H and O–H groups in total. The van der Waals surface area contributed by atoms with Crippen molar-refractivity contribution in [2.45, 2.75) is 90.1 Å². The van der Waals surface area contributed by atoms with E-state index >= 15 is 0 Å². The number of amides is 4. The Labute approximate surface area is 290 Å². The van der Waals surface area contributed by atoms with Crippen molar-refractivity contribution in [3.8, 4) is 0 Å². The van der Waals surface area contributed by atoms with Crippen LogP contribution in [0.1, 0.15) is 75.0 Å². The molecule has 0 aliphatic heterocycles. The van der Waals surface area contributed by atoms with E-state index in [1.807, 2.05) is 12.1 Å². The van der Waals surface area contributed by atoms with Gasteiger partial charge in [0.2, 0.25) is 5.91 Å². The summed E-state index contributed by atoms with van der Waals surface area (Å²) in [5, 5.41) is 29.0. The normalized spacial score (nSPS) is 11.9. The van der Waals surface area contributed by atoms with Gasteiger partial charge in [0.1, 0.15) is 4.88 Å². The van der Waals surface area contributed by atoms with Crippen LogP contribution in [0.15, 0.2) is 53.4 Å². The third-order valence-corrected chi connectivity index (χ3v) is 9.38. The van der Waals surface area contributed by atoms with Crippen molar-refractivity contribution in [1.29, 1.82) is 0 Å². The number of carbonyl (C=O) groups is 4. The minimum absolute atomic E-state index is 0.147. The molecule has 16 heteroatoms. The first-order valence-electron chi connectivity index (χ1n) is 15.3. The highest BCUT2D eigenvalue weighted by atomic mass is 32.2. The lowest BCUT2D eigenvalue weighted by atomic mass is 10.0. The van der Waals surface area contributed by atoms with Gasteiger partial charge in [0.15, 0.2) is 21.3 Å². The molecule has 4 amide bonds. The van der Waals surface area contributed by atoms with Gasteiger partial charge in [0.25, 0.3) is 5.91 Å². The molecule has 0 aliphatic carbocycles. The third kappa shape index (κ3) is 10.6. The molecular weight excluding hydrogens is 673 g/mol. The number of anilines is 2. The number of rotatable bonds is 12. The summed E-state index contributed by atoms with van der Waals surface area (Å²) in [7, 11) is -3.35. The first kappa shape index (κ1) is 38.7. The number of carboxylic acid groups (broad SMARTS) is 2. The molecule has 0 saturated heterocycles. The highest BCUT2D eigenvalue weighted by molar-refractivity contribution is 7.90. The molecule has 0 bridgehead atoms. The third-order valence-electron chi connectivity index (χ3n) is 7.24. The zero-order valence-electron chi connectivity index (χ0n) is 28.8. The molecular formula is C33H44N6O8S2. The van der Waals surface area contributed by atoms with E-state index in [0.29, 0.717) is 34.7 Å². The standard InChI is InChI=1S/C33H44N6O8S2/c1-20(40)35-28-37-25(26(48-28)27(41)34-19-22-11-16-24(17-12-22)49(8,46)47)18-13-21-9-14-23(15-10-21)36-29(38(30(42)43)32(2,3)4)39(31(44)45)33(5,6)7/h9-12,14-17,29,36H,13,18-19H2,1-8H3,(H,34,41)(H,42,43)(H,44,45)(H,35,37,40). The number of hydrogen-bond acceptors (Lipinski definition) is 9. The molecule has 0 aliphatic rings. The fraction of sp³-hybridized carbons (Fsp3) is 0.424. The van der Waals surface area contributed by atoms with Crippen LogP contribution in [0.25, 0.3) is 0 Å². The second kappa shape index (κ2) is 15.2. The Bertz CT molecular complexity index is 1740. The van der Waals surface area contributed by atoms with E-state index < -0.39 is 45.3 Å². The van der Waals surface area contributed by atoms with Gasteiger partial charge in [-0.2, -0.15) is 0 Å². The Morgan fingerprint density at radius 1 is 0.837 bits per heavy atom. The Balaban J connectivity index is 1.80. The molecule has 3 rings (SSSR count). The number of aromatic nitrogens is 1. The van der Waals surface area contributed by atoms with E-state index in [1.165, 1.54) is 19.1 Å². The number of carbonyl (C=O) groups excluding carboxylic acids is 2. The summed E-state index contributed by atoms with van der Waals surface area (Å²) in [6.45, 7) is 11.6. The molecule has 1 heterocycles. The van der Waals surface area contributed by atoms with Crippen molar-refractivity contribution in [2.75, 3.05) is 16.9 Å². The maximum atomic E-state index is 13.2. The Morgan fingerprint density at radius 3 is 1.80 bits per heavy atom. The largest absolute Gasteiger partial charge is 0.465 e. The van der Waals surface area contributed by atoms with E-state index in [1.54, 1.807) is 65.8 Å². The monoisotopic (exact) mass is 716 g/mol. The number of thiazole rings is 1. The van der Waals surface area contributed by atoms with Gasteiger partial charge in [-0.15, -0.1) is 0 Å². The summed E-state index contributed by atoms with van der Waals surface area (Å²) < 4.78 is 23.5. The lowest BCUT2D eigenvalue weighted by molar-refractivity contribution is -0.114. The SMILES string of the molecule is CC(=O)Nc1nc(CCc2ccc(NC(N(C(=O)O)C(C)(C)C)N(C(=O)O)C(C)(C)C)cc2)c(C(=O)NCc2ccc(S(C)(=O)=O)cc2)s1. The van der Waals surface area contributed by atoms with Crippen LogP contribution in [0.4, 0.5) is 20.4 Å². The Morgan fingerprint density at radius 2 is 1.35 bits per heavy atom. The molecule has 3 aromatic rings. The summed E-state index contributed by atoms with van der Waals surface area (Å²) >= 11 is 1.05. The van der Waals surface area contributed by atoms with Gasteiger partial charge in [-0.05, 0) is 89.8 Å². The molecule has 0 saturated carbocycles. The van der Waals surface area contributed by atoms with Gasteiger partial charge in [0, 0.05) is 36.5 Å². The smallest absolute Gasteiger partial charge is 0.410 e. The van der Waals surface area contributed by atoms with Gasteiger partial charge >= 0.3 is 12.2 Å². The van der Waals surface area contributed by atoms with Gasteiger partial charge in [0.05, 0.1) is 10.6 Å². The fourth-order valence-corrected chi connectivity index (χ4v) is 6.57. The van der Waals surface area contributed by atoms with Crippen LogP contribution >= 0.6 is 11.3 Å². The maximum absolute atomic E-state index is 13.2. The second-order valence-corrected chi connectivity index (χ2v) is 16.5. The minimum Gasteiger partial charge on any atom is -0.465 e. The zero-order chi connectivity index (χ0) is 36.9. The van der Waals surface area contributed by atoms with Crippen molar-refractivity contribution in [3.05, 3.63) is 70.2 Å². The number of sulfone groups is 1. The molecule has 0 fully saturated rings. The average Bonchev–Trinajstić information content (AvgIpc) is 3.35. The van der Waals surface area contributed by atoms with E-state index in [4.69, 9.17) is 0 Å². The van der Waals surface area contributed by atoms with Crippen molar-refractivity contribution in [1.82, 2.24) is 20.1 Å². The summed E-state index contributed by atoms with van der Waals surface area (Å²) in [4.78, 5) is 56.8. The first-order valence-corrected chi connectivity index (χ1v) is 18.0. The van der Waals surface area contributed by atoms with Crippen molar-refractivity contribution in [3.63, 3.8) is 0 Å². The fourth-order valence-electron chi connectivity index (χ4n) is 4.96. The van der Waals surface area contributed by atoms with Crippen molar-refractivity contribution < 1.29 is 37.8 Å². The van der Waals surface area contributed by atoms with Gasteiger partial charge in [-0.1, -0.05) is 35.6 Å². The number of aryl methyl sites for hydroxylation is 2. The Hall–Kier alpha value is -4.70. The molecule has 0 unspecified atom stereocenters. The molecule has 0 atom stereocenters. The molecule has 0 radical (unpaired) electrons. The summed E-state index contributed by atoms with van der Waals surface area (Å²) in [6.07, 6.45) is -1.89. The second-order valence-electron chi connectivity index (χ2n) is 13.4. The summed E-state index contributed by atoms with van der Waals surface area (Å²) in [6, 6.07) is 13.3. The van der Waals surface area contributed by atoms with E-state index in [0.717, 1.165) is 33.0 Å². The average molecular weight is 717 g/mol. The zero-order valence-corrected chi connectivity index (χ0v) is 30.5. The lowest BCUT2D eigenvalue weighted by Gasteiger charge is -2.48. The van der Waals surface area contributed by atoms with Crippen LogP contribution in [0, 0.1) is 0 Å². The van der Waals surface area contributed by atoms with Crippen molar-refractivity contribution >= 4 is 56.0 Å². The van der Waals surface area contributed by atoms with Crippen LogP contribution in [0.3, 0.4) is 0 Å².